The largest absolute Gasteiger partial charge is 0.494 e. The van der Waals surface area contributed by atoms with Crippen molar-refractivity contribution in [3.8, 4) is 5.75 Å². The van der Waals surface area contributed by atoms with E-state index < -0.39 is 0 Å². The predicted molar refractivity (Wildman–Crippen MR) is 100 cm³/mol. The van der Waals surface area contributed by atoms with Gasteiger partial charge in [-0.2, -0.15) is 0 Å². The second-order valence-corrected chi connectivity index (χ2v) is 7.11. The van der Waals surface area contributed by atoms with E-state index in [-0.39, 0.29) is 5.76 Å². The van der Waals surface area contributed by atoms with Gasteiger partial charge in [0.15, 0.2) is 5.58 Å². The number of hydrogen-bond acceptors (Lipinski definition) is 4. The molecule has 1 aromatic heterocycles. The summed E-state index contributed by atoms with van der Waals surface area (Å²) in [7, 11) is 1.62. The molecule has 0 bridgehead atoms. The number of nitrogens with zero attached hydrogens (tertiary/aromatic N) is 2. The highest BCUT2D eigenvalue weighted by Gasteiger charge is 2.19. The van der Waals surface area contributed by atoms with Crippen LogP contribution in [0.2, 0.25) is 0 Å². The van der Waals surface area contributed by atoms with Gasteiger partial charge in [0.25, 0.3) is 0 Å². The molecule has 25 heavy (non-hydrogen) atoms. The SMILES string of the molecule is CCCCC1CCN(CCCn2c(=O)oc3cccc(OC)c32)CC1. The van der Waals surface area contributed by atoms with Crippen molar-refractivity contribution in [2.24, 2.45) is 5.92 Å². The van der Waals surface area contributed by atoms with Crippen LogP contribution in [0, 0.1) is 5.92 Å². The predicted octanol–water partition coefficient (Wildman–Crippen LogP) is 3.90. The van der Waals surface area contributed by atoms with Crippen LogP contribution < -0.4 is 10.5 Å². The second-order valence-electron chi connectivity index (χ2n) is 7.11. The Bertz CT molecular complexity index is 726. The van der Waals surface area contributed by atoms with Crippen molar-refractivity contribution in [2.45, 2.75) is 52.0 Å². The van der Waals surface area contributed by atoms with Crippen LogP contribution in [0.4, 0.5) is 0 Å². The van der Waals surface area contributed by atoms with Gasteiger partial charge >= 0.3 is 5.76 Å². The first-order valence-corrected chi connectivity index (χ1v) is 9.61. The van der Waals surface area contributed by atoms with Crippen LogP contribution >= 0.6 is 0 Å². The average molecular weight is 346 g/mol. The lowest BCUT2D eigenvalue weighted by Crippen LogP contribution is -2.35. The maximum absolute atomic E-state index is 12.2. The molecule has 0 unspecified atom stereocenters. The van der Waals surface area contributed by atoms with E-state index in [1.165, 1.54) is 45.2 Å². The number of methoxy groups -OCH3 is 1. The molecule has 138 valence electrons. The maximum atomic E-state index is 12.2. The Morgan fingerprint density at radius 2 is 2.00 bits per heavy atom. The van der Waals surface area contributed by atoms with Gasteiger partial charge in [0.05, 0.1) is 7.11 Å². The molecule has 5 heteroatoms. The molecular weight excluding hydrogens is 316 g/mol. The van der Waals surface area contributed by atoms with Crippen molar-refractivity contribution >= 4 is 11.1 Å². The molecule has 1 aliphatic rings. The van der Waals surface area contributed by atoms with Crippen LogP contribution in [-0.4, -0.2) is 36.2 Å². The lowest BCUT2D eigenvalue weighted by Gasteiger charge is -2.32. The standard InChI is InChI=1S/C20H30N2O3/c1-3-4-7-16-10-14-21(15-11-16)12-6-13-22-19-17(24-2)8-5-9-18(19)25-20(22)23/h5,8-9,16H,3-4,6-7,10-15H2,1-2H3. The first-order chi connectivity index (χ1) is 12.2. The molecular formula is C20H30N2O3. The Labute approximate surface area is 149 Å². The molecule has 0 atom stereocenters. The van der Waals surface area contributed by atoms with Gasteiger partial charge in [0.2, 0.25) is 0 Å². The van der Waals surface area contributed by atoms with E-state index in [0.29, 0.717) is 17.9 Å². The minimum atomic E-state index is -0.294. The van der Waals surface area contributed by atoms with Crippen LogP contribution in [-0.2, 0) is 6.54 Å². The third-order valence-corrected chi connectivity index (χ3v) is 5.40. The zero-order chi connectivity index (χ0) is 17.6. The number of para-hydroxylation sites is 1. The van der Waals surface area contributed by atoms with Crippen molar-refractivity contribution in [2.75, 3.05) is 26.7 Å². The summed E-state index contributed by atoms with van der Waals surface area (Å²) in [5, 5.41) is 0. The number of hydrogen-bond donors (Lipinski definition) is 0. The maximum Gasteiger partial charge on any atom is 0.420 e. The number of fused-ring (bicyclic) bond motifs is 1. The Morgan fingerprint density at radius 1 is 1.20 bits per heavy atom. The highest BCUT2D eigenvalue weighted by molar-refractivity contribution is 5.80. The second kappa shape index (κ2) is 8.56. The van der Waals surface area contributed by atoms with Gasteiger partial charge in [-0.25, -0.2) is 4.79 Å². The molecule has 0 N–H and O–H groups in total. The lowest BCUT2D eigenvalue weighted by atomic mass is 9.91. The Kier molecular flexibility index (Phi) is 6.19. The first kappa shape index (κ1) is 18.1. The molecule has 0 radical (unpaired) electrons. The Morgan fingerprint density at radius 3 is 2.72 bits per heavy atom. The molecule has 1 aromatic carbocycles. The van der Waals surface area contributed by atoms with Gasteiger partial charge in [-0.15, -0.1) is 0 Å². The molecule has 2 aromatic rings. The van der Waals surface area contributed by atoms with Gasteiger partial charge in [-0.3, -0.25) is 4.57 Å². The van der Waals surface area contributed by atoms with E-state index in [4.69, 9.17) is 9.15 Å². The summed E-state index contributed by atoms with van der Waals surface area (Å²) in [6, 6.07) is 5.53. The van der Waals surface area contributed by atoms with Crippen LogP contribution in [0.5, 0.6) is 5.75 Å². The minimum absolute atomic E-state index is 0.294. The van der Waals surface area contributed by atoms with Crippen molar-refractivity contribution in [3.05, 3.63) is 28.7 Å². The fraction of sp³-hybridized carbons (Fsp3) is 0.650. The quantitative estimate of drug-likeness (QED) is 0.727. The molecule has 0 amide bonds. The monoisotopic (exact) mass is 346 g/mol. The molecule has 0 spiro atoms. The number of rotatable bonds is 8. The molecule has 1 aliphatic heterocycles. The Balaban J connectivity index is 1.54. The van der Waals surface area contributed by atoms with Gasteiger partial charge in [-0.05, 0) is 56.9 Å². The van der Waals surface area contributed by atoms with Crippen LogP contribution in [0.15, 0.2) is 27.4 Å². The summed E-state index contributed by atoms with van der Waals surface area (Å²) in [6.45, 7) is 6.36. The van der Waals surface area contributed by atoms with Crippen LogP contribution in [0.1, 0.15) is 45.4 Å². The van der Waals surface area contributed by atoms with E-state index in [0.717, 1.165) is 24.4 Å². The van der Waals surface area contributed by atoms with Gasteiger partial charge in [0, 0.05) is 6.54 Å². The minimum Gasteiger partial charge on any atom is -0.494 e. The summed E-state index contributed by atoms with van der Waals surface area (Å²) in [4.78, 5) is 14.7. The molecule has 1 fully saturated rings. The zero-order valence-corrected chi connectivity index (χ0v) is 15.5. The van der Waals surface area contributed by atoms with E-state index in [9.17, 15) is 4.79 Å². The Hall–Kier alpha value is -1.75. The number of piperidine rings is 1. The highest BCUT2D eigenvalue weighted by atomic mass is 16.5. The van der Waals surface area contributed by atoms with Gasteiger partial charge < -0.3 is 14.1 Å². The molecule has 1 saturated heterocycles. The summed E-state index contributed by atoms with van der Waals surface area (Å²) >= 11 is 0. The fourth-order valence-electron chi connectivity index (χ4n) is 3.90. The molecule has 0 saturated carbocycles. The number of oxazole rings is 1. The average Bonchev–Trinajstić information content (AvgIpc) is 2.96. The topological polar surface area (TPSA) is 47.6 Å². The fourth-order valence-corrected chi connectivity index (χ4v) is 3.90. The number of aryl methyl sites for hydroxylation is 1. The number of ether oxygens (including phenoxy) is 1. The molecule has 2 heterocycles. The summed E-state index contributed by atoms with van der Waals surface area (Å²) in [5.74, 6) is 1.32. The van der Waals surface area contributed by atoms with E-state index in [1.54, 1.807) is 11.7 Å². The first-order valence-electron chi connectivity index (χ1n) is 9.61. The van der Waals surface area contributed by atoms with Gasteiger partial charge in [0.1, 0.15) is 11.3 Å². The number of likely N-dealkylation sites (tertiary alicyclic amines) is 1. The van der Waals surface area contributed by atoms with E-state index >= 15 is 0 Å². The van der Waals surface area contributed by atoms with Gasteiger partial charge in [-0.1, -0.05) is 32.3 Å². The van der Waals surface area contributed by atoms with Crippen LogP contribution in [0.3, 0.4) is 0 Å². The zero-order valence-electron chi connectivity index (χ0n) is 15.5. The summed E-state index contributed by atoms with van der Waals surface area (Å²) in [5.41, 5.74) is 1.37. The smallest absolute Gasteiger partial charge is 0.420 e. The number of aromatic nitrogens is 1. The molecule has 0 aliphatic carbocycles. The number of benzene rings is 1. The van der Waals surface area contributed by atoms with Crippen molar-refractivity contribution < 1.29 is 9.15 Å². The number of unbranched alkanes of at least 4 members (excludes halogenated alkanes) is 1. The van der Waals surface area contributed by atoms with E-state index in [2.05, 4.69) is 11.8 Å². The van der Waals surface area contributed by atoms with Crippen molar-refractivity contribution in [1.29, 1.82) is 0 Å². The summed E-state index contributed by atoms with van der Waals surface area (Å²) in [6.07, 6.45) is 7.65. The highest BCUT2D eigenvalue weighted by Crippen LogP contribution is 2.25. The van der Waals surface area contributed by atoms with E-state index in [1.807, 2.05) is 18.2 Å². The third-order valence-electron chi connectivity index (χ3n) is 5.40. The third kappa shape index (κ3) is 4.27. The molecule has 3 rings (SSSR count). The summed E-state index contributed by atoms with van der Waals surface area (Å²) < 4.78 is 12.5. The van der Waals surface area contributed by atoms with Crippen LogP contribution in [0.25, 0.3) is 11.1 Å². The van der Waals surface area contributed by atoms with Crippen molar-refractivity contribution in [1.82, 2.24) is 9.47 Å². The van der Waals surface area contributed by atoms with Crippen molar-refractivity contribution in [3.63, 3.8) is 0 Å². The molecule has 5 nitrogen and oxygen atoms in total. The normalized spacial score (nSPS) is 16.6. The lowest BCUT2D eigenvalue weighted by molar-refractivity contribution is 0.173.